The minimum absolute atomic E-state index is 0.425. The fraction of sp³-hybridized carbons (Fsp3) is 0.462. The summed E-state index contributed by atoms with van der Waals surface area (Å²) in [5, 5.41) is 10.6. The van der Waals surface area contributed by atoms with Gasteiger partial charge in [-0.3, -0.25) is 0 Å². The predicted octanol–water partition coefficient (Wildman–Crippen LogP) is 0.656. The van der Waals surface area contributed by atoms with Gasteiger partial charge in [0.15, 0.2) is 5.41 Å². The van der Waals surface area contributed by atoms with Gasteiger partial charge in [0, 0.05) is 23.8 Å². The Bertz CT molecular complexity index is 416. The second kappa shape index (κ2) is 3.32. The summed E-state index contributed by atoms with van der Waals surface area (Å²) >= 11 is 0. The van der Waals surface area contributed by atoms with Gasteiger partial charge in [-0.05, 0) is 24.0 Å². The average molecular weight is 218 g/mol. The van der Waals surface area contributed by atoms with E-state index in [4.69, 9.17) is 5.11 Å². The van der Waals surface area contributed by atoms with Crippen LogP contribution in [0, 0.1) is 0 Å². The van der Waals surface area contributed by atoms with Crippen LogP contribution in [0.2, 0.25) is 0 Å². The normalized spacial score (nSPS) is 22.5. The molecule has 3 nitrogen and oxygen atoms in total. The van der Waals surface area contributed by atoms with Gasteiger partial charge in [-0.1, -0.05) is 24.3 Å². The monoisotopic (exact) mass is 218 g/mol. The fourth-order valence-corrected chi connectivity index (χ4v) is 2.37. The highest BCUT2D eigenvalue weighted by atomic mass is 16.4. The second-order valence-electron chi connectivity index (χ2n) is 4.89. The van der Waals surface area contributed by atoms with Crippen molar-refractivity contribution in [2.24, 2.45) is 0 Å². The Morgan fingerprint density at radius 2 is 1.88 bits per heavy atom. The first-order chi connectivity index (χ1) is 7.72. The maximum Gasteiger partial charge on any atom is 0.526 e. The Balaban J connectivity index is 1.85. The smallest absolute Gasteiger partial charge is 0.526 e. The summed E-state index contributed by atoms with van der Waals surface area (Å²) in [6.07, 6.45) is 1.69. The molecule has 0 amide bonds. The lowest BCUT2D eigenvalue weighted by atomic mass is 9.89. The van der Waals surface area contributed by atoms with Crippen molar-refractivity contribution in [3.63, 3.8) is 0 Å². The van der Waals surface area contributed by atoms with Gasteiger partial charge in [-0.2, -0.15) is 0 Å². The number of hydrogen-bond acceptors (Lipinski definition) is 2. The number of carbonyl (C=O) groups is 1. The van der Waals surface area contributed by atoms with Crippen molar-refractivity contribution in [2.45, 2.75) is 24.2 Å². The van der Waals surface area contributed by atoms with Crippen molar-refractivity contribution in [2.75, 3.05) is 13.1 Å². The lowest BCUT2D eigenvalue weighted by Crippen LogP contribution is -2.39. The zero-order valence-electron chi connectivity index (χ0n) is 9.12. The molecule has 0 spiro atoms. The summed E-state index contributed by atoms with van der Waals surface area (Å²) in [7, 11) is 0. The Morgan fingerprint density at radius 3 is 2.25 bits per heavy atom. The molecule has 1 aliphatic carbocycles. The molecular formula is C13H16NO2+. The van der Waals surface area contributed by atoms with E-state index in [2.05, 4.69) is 17.4 Å². The van der Waals surface area contributed by atoms with Gasteiger partial charge in [0.05, 0.1) is 0 Å². The highest BCUT2D eigenvalue weighted by Crippen LogP contribution is 2.48. The maximum absolute atomic E-state index is 11.3. The largest absolute Gasteiger partial charge is 0.564 e. The summed E-state index contributed by atoms with van der Waals surface area (Å²) in [6, 6.07) is 8.30. The SMILES string of the molecule is O=C([OH2+])C1(c2ccc(C3CNC3)cc2)CC1. The quantitative estimate of drug-likeness (QED) is 0.758. The lowest BCUT2D eigenvalue weighted by molar-refractivity contribution is -0.140. The van der Waals surface area contributed by atoms with Crippen molar-refractivity contribution in [1.82, 2.24) is 5.32 Å². The molecule has 2 aliphatic rings. The van der Waals surface area contributed by atoms with Crippen LogP contribution in [-0.2, 0) is 10.2 Å². The van der Waals surface area contributed by atoms with Gasteiger partial charge >= 0.3 is 5.97 Å². The number of hydrogen-bond donors (Lipinski definition) is 1. The summed E-state index contributed by atoms with van der Waals surface area (Å²) in [6.45, 7) is 2.11. The van der Waals surface area contributed by atoms with Crippen LogP contribution in [0.25, 0.3) is 0 Å². The maximum atomic E-state index is 11.3. The molecule has 1 aromatic rings. The Labute approximate surface area is 94.5 Å². The van der Waals surface area contributed by atoms with E-state index in [9.17, 15) is 4.79 Å². The van der Waals surface area contributed by atoms with E-state index in [0.717, 1.165) is 31.5 Å². The molecule has 0 aromatic heterocycles. The number of carbonyl (C=O) groups excluding carboxylic acids is 1. The minimum atomic E-state index is -0.448. The van der Waals surface area contributed by atoms with Crippen molar-refractivity contribution in [3.8, 4) is 0 Å². The molecule has 0 unspecified atom stereocenters. The minimum Gasteiger partial charge on any atom is -0.564 e. The van der Waals surface area contributed by atoms with E-state index in [0.29, 0.717) is 5.92 Å². The van der Waals surface area contributed by atoms with E-state index in [1.54, 1.807) is 0 Å². The molecule has 0 atom stereocenters. The topological polar surface area (TPSA) is 52.0 Å². The summed E-state index contributed by atoms with van der Waals surface area (Å²) in [4.78, 5) is 11.3. The van der Waals surface area contributed by atoms with E-state index in [-0.39, 0.29) is 0 Å². The van der Waals surface area contributed by atoms with E-state index >= 15 is 0 Å². The van der Waals surface area contributed by atoms with Crippen LogP contribution in [0.1, 0.15) is 29.9 Å². The Morgan fingerprint density at radius 1 is 1.25 bits per heavy atom. The average Bonchev–Trinajstić information content (AvgIpc) is 2.97. The third kappa shape index (κ3) is 1.35. The molecule has 0 radical (unpaired) electrons. The molecule has 2 fully saturated rings. The van der Waals surface area contributed by atoms with Crippen molar-refractivity contribution < 1.29 is 9.90 Å². The van der Waals surface area contributed by atoms with Crippen LogP contribution in [0.4, 0.5) is 0 Å². The van der Waals surface area contributed by atoms with Gasteiger partial charge < -0.3 is 10.4 Å². The number of benzene rings is 1. The first-order valence-corrected chi connectivity index (χ1v) is 5.79. The van der Waals surface area contributed by atoms with Crippen LogP contribution in [-0.4, -0.2) is 24.2 Å². The molecule has 1 heterocycles. The van der Waals surface area contributed by atoms with E-state index in [1.165, 1.54) is 5.56 Å². The van der Waals surface area contributed by atoms with Gasteiger partial charge in [0.2, 0.25) is 0 Å². The summed E-state index contributed by atoms with van der Waals surface area (Å²) < 4.78 is 0. The van der Waals surface area contributed by atoms with Crippen LogP contribution in [0.3, 0.4) is 0 Å². The molecule has 1 aromatic carbocycles. The summed E-state index contributed by atoms with van der Waals surface area (Å²) in [5.74, 6) is 0.210. The Hall–Kier alpha value is -1.35. The number of nitrogens with one attached hydrogen (secondary N) is 1. The molecule has 1 saturated carbocycles. The first-order valence-electron chi connectivity index (χ1n) is 5.79. The zero-order chi connectivity index (χ0) is 11.2. The Kier molecular flexibility index (Phi) is 2.04. The molecule has 1 aliphatic heterocycles. The highest BCUT2D eigenvalue weighted by Gasteiger charge is 2.57. The lowest BCUT2D eigenvalue weighted by Gasteiger charge is -2.27. The fourth-order valence-electron chi connectivity index (χ4n) is 2.37. The van der Waals surface area contributed by atoms with Crippen molar-refractivity contribution in [1.29, 1.82) is 0 Å². The molecule has 1 saturated heterocycles. The van der Waals surface area contributed by atoms with Gasteiger partial charge in [-0.25, -0.2) is 0 Å². The standard InChI is InChI=1S/C13H15NO2/c15-12(16)13(5-6-13)11-3-1-9(2-4-11)10-7-14-8-10/h1-4,10,14H,5-8H2,(H,15,16)/p+1. The van der Waals surface area contributed by atoms with E-state index in [1.807, 2.05) is 12.1 Å². The molecule has 84 valence electrons. The van der Waals surface area contributed by atoms with Crippen LogP contribution >= 0.6 is 0 Å². The summed E-state index contributed by atoms with van der Waals surface area (Å²) in [5.41, 5.74) is 1.93. The van der Waals surface area contributed by atoms with Gasteiger partial charge in [0.1, 0.15) is 0 Å². The van der Waals surface area contributed by atoms with Gasteiger partial charge in [0.25, 0.3) is 0 Å². The third-order valence-corrected chi connectivity index (χ3v) is 3.90. The van der Waals surface area contributed by atoms with Crippen LogP contribution in [0.15, 0.2) is 24.3 Å². The van der Waals surface area contributed by atoms with Crippen molar-refractivity contribution in [3.05, 3.63) is 35.4 Å². The van der Waals surface area contributed by atoms with E-state index < -0.39 is 11.4 Å². The highest BCUT2D eigenvalue weighted by molar-refractivity contribution is 5.84. The molecular weight excluding hydrogens is 202 g/mol. The molecule has 3 rings (SSSR count). The number of rotatable bonds is 3. The molecule has 3 N–H and O–H groups in total. The second-order valence-corrected chi connectivity index (χ2v) is 4.89. The van der Waals surface area contributed by atoms with Crippen molar-refractivity contribution >= 4 is 5.97 Å². The zero-order valence-corrected chi connectivity index (χ0v) is 9.12. The third-order valence-electron chi connectivity index (χ3n) is 3.90. The predicted molar refractivity (Wildman–Crippen MR) is 61.6 cm³/mol. The molecule has 3 heteroatoms. The molecule has 16 heavy (non-hydrogen) atoms. The molecule has 0 bridgehead atoms. The first kappa shape index (κ1) is 9.85. The van der Waals surface area contributed by atoms with Crippen LogP contribution in [0.5, 0.6) is 0 Å². The van der Waals surface area contributed by atoms with Crippen LogP contribution < -0.4 is 5.32 Å². The van der Waals surface area contributed by atoms with Gasteiger partial charge in [-0.15, -0.1) is 0 Å².